The molecule has 1 N–H and O–H groups in total. The molecule has 2 aliphatic heterocycles. The highest BCUT2D eigenvalue weighted by atomic mass is 32.1. The first-order valence-electron chi connectivity index (χ1n) is 8.45. The van der Waals surface area contributed by atoms with E-state index in [0.717, 1.165) is 47.0 Å². The Morgan fingerprint density at radius 2 is 2.25 bits per heavy atom. The first kappa shape index (κ1) is 14.5. The molecule has 2 amide bonds. The molecule has 7 heteroatoms. The summed E-state index contributed by atoms with van der Waals surface area (Å²) in [5, 5.41) is 3.96. The van der Waals surface area contributed by atoms with Crippen LogP contribution in [0.5, 0.6) is 5.75 Å². The van der Waals surface area contributed by atoms with Crippen molar-refractivity contribution >= 4 is 32.7 Å². The maximum Gasteiger partial charge on any atom is 0.324 e. The van der Waals surface area contributed by atoms with E-state index in [0.29, 0.717) is 6.04 Å². The second-order valence-corrected chi connectivity index (χ2v) is 8.02. The average Bonchev–Trinajstić information content (AvgIpc) is 3.26. The van der Waals surface area contributed by atoms with E-state index in [-0.39, 0.29) is 18.1 Å². The molecule has 3 heterocycles. The number of urea groups is 1. The maximum absolute atomic E-state index is 12.6. The summed E-state index contributed by atoms with van der Waals surface area (Å²) in [7, 11) is 4.19. The van der Waals surface area contributed by atoms with Gasteiger partial charge in [0.25, 0.3) is 0 Å². The normalized spacial score (nSPS) is 28.4. The van der Waals surface area contributed by atoms with Crippen molar-refractivity contribution in [3.63, 3.8) is 0 Å². The topological polar surface area (TPSA) is 57.7 Å². The Morgan fingerprint density at radius 1 is 1.38 bits per heavy atom. The van der Waals surface area contributed by atoms with Crippen LogP contribution in [0, 0.1) is 0 Å². The smallest absolute Gasteiger partial charge is 0.324 e. The standard InChI is InChI=1S/C17H20N4O2S/c1-20(2)11-4-3-10-15(11)21(16(22)18-10)17-19-14-9-7-8-23-12(9)5-6-13(14)24-17/h5-6,10-11,15H,3-4,7-8H2,1-2H3,(H,18,22)/t10-,11+,15-/m1/s1. The van der Waals surface area contributed by atoms with Gasteiger partial charge in [-0.3, -0.25) is 4.90 Å². The van der Waals surface area contributed by atoms with Gasteiger partial charge in [0.05, 0.1) is 28.9 Å². The van der Waals surface area contributed by atoms with Crippen LogP contribution in [0.1, 0.15) is 18.4 Å². The third-order valence-corrected chi connectivity index (χ3v) is 6.52. The summed E-state index contributed by atoms with van der Waals surface area (Å²) in [6.07, 6.45) is 3.03. The molecule has 126 valence electrons. The minimum Gasteiger partial charge on any atom is -0.493 e. The van der Waals surface area contributed by atoms with Crippen molar-refractivity contribution in [2.24, 2.45) is 0 Å². The quantitative estimate of drug-likeness (QED) is 0.908. The van der Waals surface area contributed by atoms with Gasteiger partial charge in [0.15, 0.2) is 5.13 Å². The molecule has 2 aromatic rings. The van der Waals surface area contributed by atoms with Crippen LogP contribution in [0.4, 0.5) is 9.93 Å². The molecular formula is C17H20N4O2S. The second kappa shape index (κ2) is 5.07. The number of fused-ring (bicyclic) bond motifs is 4. The van der Waals surface area contributed by atoms with E-state index in [2.05, 4.69) is 30.4 Å². The lowest BCUT2D eigenvalue weighted by molar-refractivity contribution is 0.245. The Hall–Kier alpha value is -1.86. The Bertz CT molecular complexity index is 833. The van der Waals surface area contributed by atoms with Crippen molar-refractivity contribution in [1.29, 1.82) is 0 Å². The number of nitrogens with one attached hydrogen (secondary N) is 1. The van der Waals surface area contributed by atoms with Crippen LogP contribution in [-0.4, -0.2) is 54.7 Å². The Labute approximate surface area is 144 Å². The zero-order valence-electron chi connectivity index (χ0n) is 13.8. The van der Waals surface area contributed by atoms with Crippen molar-refractivity contribution < 1.29 is 9.53 Å². The van der Waals surface area contributed by atoms with Crippen molar-refractivity contribution in [2.45, 2.75) is 37.4 Å². The Balaban J connectivity index is 1.60. The second-order valence-electron chi connectivity index (χ2n) is 7.01. The number of likely N-dealkylation sites (N-methyl/N-ethyl adjacent to an activating group) is 1. The summed E-state index contributed by atoms with van der Waals surface area (Å²) in [4.78, 5) is 21.6. The van der Waals surface area contributed by atoms with Gasteiger partial charge in [0, 0.05) is 18.0 Å². The van der Waals surface area contributed by atoms with Gasteiger partial charge in [-0.05, 0) is 39.1 Å². The number of anilines is 1. The molecule has 0 radical (unpaired) electrons. The van der Waals surface area contributed by atoms with Gasteiger partial charge in [0.2, 0.25) is 0 Å². The zero-order valence-corrected chi connectivity index (χ0v) is 14.6. The van der Waals surface area contributed by atoms with Gasteiger partial charge in [0.1, 0.15) is 5.75 Å². The predicted molar refractivity (Wildman–Crippen MR) is 94.1 cm³/mol. The minimum atomic E-state index is -0.0106. The van der Waals surface area contributed by atoms with E-state index >= 15 is 0 Å². The van der Waals surface area contributed by atoms with Crippen LogP contribution in [0.25, 0.3) is 10.2 Å². The summed E-state index contributed by atoms with van der Waals surface area (Å²) in [5.41, 5.74) is 2.18. The number of rotatable bonds is 2. The highest BCUT2D eigenvalue weighted by Gasteiger charge is 2.50. The fourth-order valence-electron chi connectivity index (χ4n) is 4.37. The number of thiazole rings is 1. The summed E-state index contributed by atoms with van der Waals surface area (Å²) >= 11 is 1.61. The van der Waals surface area contributed by atoms with Crippen LogP contribution < -0.4 is 15.0 Å². The molecule has 2 fully saturated rings. The van der Waals surface area contributed by atoms with E-state index in [4.69, 9.17) is 9.72 Å². The average molecular weight is 344 g/mol. The minimum absolute atomic E-state index is 0.0106. The number of aromatic nitrogens is 1. The van der Waals surface area contributed by atoms with Crippen molar-refractivity contribution in [3.8, 4) is 5.75 Å². The number of carbonyl (C=O) groups excluding carboxylic acids is 1. The highest BCUT2D eigenvalue weighted by Crippen LogP contribution is 2.41. The van der Waals surface area contributed by atoms with Crippen LogP contribution in [0.15, 0.2) is 12.1 Å². The number of hydrogen-bond donors (Lipinski definition) is 1. The van der Waals surface area contributed by atoms with Gasteiger partial charge >= 0.3 is 6.03 Å². The number of carbonyl (C=O) groups is 1. The number of nitrogens with zero attached hydrogens (tertiary/aromatic N) is 3. The first-order chi connectivity index (χ1) is 11.6. The third-order valence-electron chi connectivity index (χ3n) is 5.50. The molecule has 3 aliphatic rings. The molecule has 5 rings (SSSR count). The number of benzene rings is 1. The molecule has 1 saturated heterocycles. The molecule has 3 atom stereocenters. The summed E-state index contributed by atoms with van der Waals surface area (Å²) in [6.45, 7) is 0.721. The lowest BCUT2D eigenvalue weighted by Gasteiger charge is -2.30. The molecule has 1 saturated carbocycles. The molecular weight excluding hydrogens is 324 g/mol. The molecule has 1 aromatic heterocycles. The fraction of sp³-hybridized carbons (Fsp3) is 0.529. The van der Waals surface area contributed by atoms with Gasteiger partial charge in [-0.2, -0.15) is 0 Å². The van der Waals surface area contributed by atoms with Crippen LogP contribution in [-0.2, 0) is 6.42 Å². The van der Waals surface area contributed by atoms with Gasteiger partial charge in [-0.1, -0.05) is 11.3 Å². The third kappa shape index (κ3) is 1.91. The molecule has 1 aliphatic carbocycles. The van der Waals surface area contributed by atoms with E-state index < -0.39 is 0 Å². The van der Waals surface area contributed by atoms with Crippen LogP contribution in [0.2, 0.25) is 0 Å². The molecule has 1 aromatic carbocycles. The fourth-order valence-corrected chi connectivity index (χ4v) is 5.41. The predicted octanol–water partition coefficient (Wildman–Crippen LogP) is 2.22. The van der Waals surface area contributed by atoms with E-state index in [1.807, 2.05) is 11.0 Å². The van der Waals surface area contributed by atoms with Crippen molar-refractivity contribution in [3.05, 3.63) is 17.7 Å². The van der Waals surface area contributed by atoms with E-state index in [9.17, 15) is 4.79 Å². The largest absolute Gasteiger partial charge is 0.493 e. The lowest BCUT2D eigenvalue weighted by atomic mass is 10.1. The molecule has 0 spiro atoms. The van der Waals surface area contributed by atoms with E-state index in [1.54, 1.807) is 11.3 Å². The lowest BCUT2D eigenvalue weighted by Crippen LogP contribution is -2.47. The zero-order chi connectivity index (χ0) is 16.4. The number of hydrogen-bond acceptors (Lipinski definition) is 5. The van der Waals surface area contributed by atoms with Crippen LogP contribution in [0.3, 0.4) is 0 Å². The summed E-state index contributed by atoms with van der Waals surface area (Å²) in [6, 6.07) is 4.84. The van der Waals surface area contributed by atoms with Gasteiger partial charge in [-0.25, -0.2) is 9.78 Å². The highest BCUT2D eigenvalue weighted by molar-refractivity contribution is 7.22. The molecule has 0 unspecified atom stereocenters. The van der Waals surface area contributed by atoms with Crippen molar-refractivity contribution in [1.82, 2.24) is 15.2 Å². The first-order valence-corrected chi connectivity index (χ1v) is 9.26. The Kier molecular flexibility index (Phi) is 3.06. The van der Waals surface area contributed by atoms with Crippen molar-refractivity contribution in [2.75, 3.05) is 25.6 Å². The van der Waals surface area contributed by atoms with Gasteiger partial charge in [-0.15, -0.1) is 0 Å². The van der Waals surface area contributed by atoms with Crippen LogP contribution >= 0.6 is 11.3 Å². The molecule has 0 bridgehead atoms. The monoisotopic (exact) mass is 344 g/mol. The molecule has 24 heavy (non-hydrogen) atoms. The summed E-state index contributed by atoms with van der Waals surface area (Å²) < 4.78 is 6.77. The Morgan fingerprint density at radius 3 is 3.08 bits per heavy atom. The number of ether oxygens (including phenoxy) is 1. The SMILES string of the molecule is CN(C)[C@H]1CC[C@H]2NC(=O)N(c3nc4c5c(ccc4s3)OCC5)[C@H]21. The van der Waals surface area contributed by atoms with Gasteiger partial charge < -0.3 is 15.0 Å². The molecule has 6 nitrogen and oxygen atoms in total. The maximum atomic E-state index is 12.6. The van der Waals surface area contributed by atoms with E-state index in [1.165, 1.54) is 5.56 Å². The number of amides is 2. The summed E-state index contributed by atoms with van der Waals surface area (Å²) in [5.74, 6) is 0.940.